The Hall–Kier alpha value is -3.07. The van der Waals surface area contributed by atoms with Crippen molar-refractivity contribution in [2.24, 2.45) is 0 Å². The van der Waals surface area contributed by atoms with Gasteiger partial charge in [-0.15, -0.1) is 0 Å². The summed E-state index contributed by atoms with van der Waals surface area (Å²) in [5.41, 5.74) is 2.65. The van der Waals surface area contributed by atoms with Gasteiger partial charge in [0.15, 0.2) is 0 Å². The maximum Gasteiger partial charge on any atom is 0.244 e. The number of carbonyl (C=O) groups is 2. The Bertz CT molecular complexity index is 1480. The second kappa shape index (κ2) is 14.9. The molecule has 0 fully saturated rings. The largest absolute Gasteiger partial charge is 0.352 e. The standard InChI is InChI=1S/C32H39Cl2N3O4S/c1-6-23(4)35-32(39)30(18-24-12-8-7-9-13-24)36(20-25-16-17-26(33)19-28(25)34)31(38)21-37(42(5,40)41)29-15-11-10-14-27(29)22(2)3/h7-17,19,22-23,30H,6,18,20-21H2,1-5H3,(H,35,39)/t23-,30-/m1/s1. The molecule has 0 aromatic heterocycles. The minimum atomic E-state index is -3.88. The molecule has 3 rings (SSSR count). The predicted molar refractivity (Wildman–Crippen MR) is 172 cm³/mol. The van der Waals surface area contributed by atoms with Crippen molar-refractivity contribution in [1.82, 2.24) is 10.2 Å². The number of hydrogen-bond acceptors (Lipinski definition) is 4. The molecular formula is C32H39Cl2N3O4S. The molecule has 3 aromatic rings. The van der Waals surface area contributed by atoms with Gasteiger partial charge in [-0.2, -0.15) is 0 Å². The number of carbonyl (C=O) groups excluding carboxylic acids is 2. The second-order valence-electron chi connectivity index (χ2n) is 10.8. The molecule has 3 aromatic carbocycles. The van der Waals surface area contributed by atoms with E-state index in [1.165, 1.54) is 4.90 Å². The number of amides is 2. The summed E-state index contributed by atoms with van der Waals surface area (Å²) in [5.74, 6) is -0.859. The Morgan fingerprint density at radius 3 is 2.17 bits per heavy atom. The maximum absolute atomic E-state index is 14.3. The third kappa shape index (κ3) is 8.96. The molecule has 0 aliphatic carbocycles. The van der Waals surface area contributed by atoms with Crippen LogP contribution in [0.2, 0.25) is 10.0 Å². The van der Waals surface area contributed by atoms with Gasteiger partial charge in [-0.25, -0.2) is 8.42 Å². The zero-order valence-electron chi connectivity index (χ0n) is 24.7. The summed E-state index contributed by atoms with van der Waals surface area (Å²) in [6.45, 7) is 7.27. The summed E-state index contributed by atoms with van der Waals surface area (Å²) in [6.07, 6.45) is 2.00. The van der Waals surface area contributed by atoms with Crippen molar-refractivity contribution in [1.29, 1.82) is 0 Å². The second-order valence-corrected chi connectivity index (χ2v) is 13.5. The number of para-hydroxylation sites is 1. The molecule has 42 heavy (non-hydrogen) atoms. The van der Waals surface area contributed by atoms with Crippen LogP contribution in [0.4, 0.5) is 5.69 Å². The topological polar surface area (TPSA) is 86.8 Å². The van der Waals surface area contributed by atoms with E-state index >= 15 is 0 Å². The normalized spacial score (nSPS) is 13.0. The molecule has 226 valence electrons. The van der Waals surface area contributed by atoms with E-state index in [0.29, 0.717) is 27.7 Å². The Morgan fingerprint density at radius 1 is 0.929 bits per heavy atom. The molecule has 0 spiro atoms. The molecule has 10 heteroatoms. The third-order valence-electron chi connectivity index (χ3n) is 7.13. The molecule has 0 aliphatic rings. The number of halogens is 2. The minimum absolute atomic E-state index is 0.0108. The van der Waals surface area contributed by atoms with Crippen LogP contribution >= 0.6 is 23.2 Å². The lowest BCUT2D eigenvalue weighted by molar-refractivity contribution is -0.140. The monoisotopic (exact) mass is 631 g/mol. The highest BCUT2D eigenvalue weighted by Gasteiger charge is 2.34. The van der Waals surface area contributed by atoms with Crippen LogP contribution in [-0.4, -0.2) is 50.0 Å². The molecule has 2 amide bonds. The zero-order chi connectivity index (χ0) is 31.0. The molecule has 1 N–H and O–H groups in total. The van der Waals surface area contributed by atoms with E-state index in [-0.39, 0.29) is 30.8 Å². The van der Waals surface area contributed by atoms with Gasteiger partial charge >= 0.3 is 0 Å². The van der Waals surface area contributed by atoms with Gasteiger partial charge in [0.25, 0.3) is 0 Å². The summed E-state index contributed by atoms with van der Waals surface area (Å²) in [6, 6.07) is 20.4. The number of nitrogens with zero attached hydrogens (tertiary/aromatic N) is 2. The fraction of sp³-hybridized carbons (Fsp3) is 0.375. The summed E-state index contributed by atoms with van der Waals surface area (Å²) < 4.78 is 27.4. The number of sulfonamides is 1. The Balaban J connectivity index is 2.13. The molecule has 0 unspecified atom stereocenters. The number of hydrogen-bond donors (Lipinski definition) is 1. The molecule has 0 aliphatic heterocycles. The first-order chi connectivity index (χ1) is 19.8. The molecule has 0 heterocycles. The molecular weight excluding hydrogens is 593 g/mol. The highest BCUT2D eigenvalue weighted by molar-refractivity contribution is 7.92. The fourth-order valence-electron chi connectivity index (χ4n) is 4.63. The summed E-state index contributed by atoms with van der Waals surface area (Å²) in [4.78, 5) is 29.5. The van der Waals surface area contributed by atoms with Crippen molar-refractivity contribution in [2.45, 2.75) is 65.1 Å². The van der Waals surface area contributed by atoms with Crippen LogP contribution in [0.25, 0.3) is 0 Å². The van der Waals surface area contributed by atoms with Gasteiger partial charge in [-0.05, 0) is 54.2 Å². The van der Waals surface area contributed by atoms with Gasteiger partial charge in [0.05, 0.1) is 11.9 Å². The third-order valence-corrected chi connectivity index (χ3v) is 8.85. The van der Waals surface area contributed by atoms with Crippen LogP contribution in [0.5, 0.6) is 0 Å². The number of benzene rings is 3. The predicted octanol–water partition coefficient (Wildman–Crippen LogP) is 6.44. The number of anilines is 1. The van der Waals surface area contributed by atoms with Gasteiger partial charge in [0.1, 0.15) is 12.6 Å². The SMILES string of the molecule is CC[C@@H](C)NC(=O)[C@@H](Cc1ccccc1)N(Cc1ccc(Cl)cc1Cl)C(=O)CN(c1ccccc1C(C)C)S(C)(=O)=O. The van der Waals surface area contributed by atoms with E-state index in [4.69, 9.17) is 23.2 Å². The first-order valence-corrected chi connectivity index (χ1v) is 16.6. The van der Waals surface area contributed by atoms with E-state index in [2.05, 4.69) is 5.32 Å². The molecule has 0 saturated heterocycles. The van der Waals surface area contributed by atoms with Crippen LogP contribution in [0, 0.1) is 0 Å². The lowest BCUT2D eigenvalue weighted by Gasteiger charge is -2.34. The van der Waals surface area contributed by atoms with E-state index in [0.717, 1.165) is 21.7 Å². The van der Waals surface area contributed by atoms with Crippen LogP contribution in [-0.2, 0) is 32.6 Å². The molecule has 7 nitrogen and oxygen atoms in total. The van der Waals surface area contributed by atoms with Crippen molar-refractivity contribution in [3.05, 3.63) is 99.5 Å². The van der Waals surface area contributed by atoms with Gasteiger partial charge in [0.2, 0.25) is 21.8 Å². The lowest BCUT2D eigenvalue weighted by atomic mass is 10.0. The molecule has 0 radical (unpaired) electrons. The van der Waals surface area contributed by atoms with E-state index in [1.807, 2.05) is 70.2 Å². The Morgan fingerprint density at radius 2 is 1.57 bits per heavy atom. The molecule has 0 bridgehead atoms. The van der Waals surface area contributed by atoms with E-state index < -0.39 is 28.5 Å². The van der Waals surface area contributed by atoms with Gasteiger partial charge in [-0.1, -0.05) is 98.6 Å². The first kappa shape index (κ1) is 33.4. The number of rotatable bonds is 13. The van der Waals surface area contributed by atoms with Gasteiger partial charge < -0.3 is 10.2 Å². The molecule has 2 atom stereocenters. The molecule has 0 saturated carbocycles. The maximum atomic E-state index is 14.3. The van der Waals surface area contributed by atoms with Crippen molar-refractivity contribution >= 4 is 50.7 Å². The highest BCUT2D eigenvalue weighted by Crippen LogP contribution is 2.30. The smallest absolute Gasteiger partial charge is 0.244 e. The van der Waals surface area contributed by atoms with Crippen LogP contribution in [0.3, 0.4) is 0 Å². The quantitative estimate of drug-likeness (QED) is 0.235. The summed E-state index contributed by atoms with van der Waals surface area (Å²) >= 11 is 12.7. The Labute approximate surface area is 259 Å². The summed E-state index contributed by atoms with van der Waals surface area (Å²) in [7, 11) is -3.88. The minimum Gasteiger partial charge on any atom is -0.352 e. The van der Waals surface area contributed by atoms with Crippen LogP contribution in [0.1, 0.15) is 56.7 Å². The Kier molecular flexibility index (Phi) is 11.9. The van der Waals surface area contributed by atoms with Gasteiger partial charge in [-0.3, -0.25) is 13.9 Å². The van der Waals surface area contributed by atoms with Crippen LogP contribution < -0.4 is 9.62 Å². The van der Waals surface area contributed by atoms with Gasteiger partial charge in [0, 0.05) is 29.1 Å². The highest BCUT2D eigenvalue weighted by atomic mass is 35.5. The van der Waals surface area contributed by atoms with E-state index in [1.54, 1.807) is 30.3 Å². The van der Waals surface area contributed by atoms with Crippen molar-refractivity contribution < 1.29 is 18.0 Å². The van der Waals surface area contributed by atoms with E-state index in [9.17, 15) is 18.0 Å². The fourth-order valence-corrected chi connectivity index (χ4v) is 5.96. The van der Waals surface area contributed by atoms with Crippen molar-refractivity contribution in [3.63, 3.8) is 0 Å². The number of nitrogens with one attached hydrogen (secondary N) is 1. The first-order valence-electron chi connectivity index (χ1n) is 14.0. The van der Waals surface area contributed by atoms with Crippen LogP contribution in [0.15, 0.2) is 72.8 Å². The van der Waals surface area contributed by atoms with Crippen molar-refractivity contribution in [3.8, 4) is 0 Å². The van der Waals surface area contributed by atoms with Crippen molar-refractivity contribution in [2.75, 3.05) is 17.1 Å². The lowest BCUT2D eigenvalue weighted by Crippen LogP contribution is -2.54. The average molecular weight is 633 g/mol. The summed E-state index contributed by atoms with van der Waals surface area (Å²) in [5, 5.41) is 3.79. The average Bonchev–Trinajstić information content (AvgIpc) is 2.94. The zero-order valence-corrected chi connectivity index (χ0v) is 27.0.